The first-order valence-corrected chi connectivity index (χ1v) is 9.41. The van der Waals surface area contributed by atoms with Crippen molar-refractivity contribution >= 4 is 34.9 Å². The van der Waals surface area contributed by atoms with Gasteiger partial charge in [0.25, 0.3) is 5.91 Å². The zero-order valence-electron chi connectivity index (χ0n) is 16.9. The van der Waals surface area contributed by atoms with Gasteiger partial charge in [0.15, 0.2) is 6.17 Å². The number of carbonyl (C=O) groups is 3. The van der Waals surface area contributed by atoms with Crippen molar-refractivity contribution in [3.63, 3.8) is 0 Å². The van der Waals surface area contributed by atoms with Gasteiger partial charge in [0.2, 0.25) is 5.91 Å². The first-order chi connectivity index (χ1) is 14.7. The Morgan fingerprint density at radius 3 is 2.35 bits per heavy atom. The molecule has 0 bridgehead atoms. The van der Waals surface area contributed by atoms with E-state index in [0.717, 1.165) is 12.1 Å². The van der Waals surface area contributed by atoms with Crippen LogP contribution in [0.5, 0.6) is 0 Å². The van der Waals surface area contributed by atoms with Crippen LogP contribution in [0, 0.1) is 11.6 Å². The van der Waals surface area contributed by atoms with Crippen LogP contribution < -0.4 is 16.4 Å². The molecule has 0 fully saturated rings. The number of carbonyl (C=O) groups excluding carboxylic acids is 3. The number of rotatable bonds is 5. The average molecular weight is 429 g/mol. The molecule has 1 aliphatic rings. The molecule has 1 aliphatic heterocycles. The van der Waals surface area contributed by atoms with E-state index in [9.17, 15) is 23.2 Å². The van der Waals surface area contributed by atoms with Crippen LogP contribution in [-0.4, -0.2) is 40.4 Å². The number of amides is 4. The number of nitrogens with one attached hydrogen (secondary N) is 2. The molecule has 0 aromatic heterocycles. The minimum Gasteiger partial charge on any atom is -0.357 e. The van der Waals surface area contributed by atoms with Crippen molar-refractivity contribution in [3.05, 3.63) is 65.9 Å². The summed E-state index contributed by atoms with van der Waals surface area (Å²) in [5.41, 5.74) is 6.44. The molecule has 2 aromatic carbocycles. The van der Waals surface area contributed by atoms with Gasteiger partial charge in [-0.15, -0.1) is 0 Å². The van der Waals surface area contributed by atoms with Crippen molar-refractivity contribution in [2.75, 3.05) is 17.2 Å². The van der Waals surface area contributed by atoms with E-state index in [1.54, 1.807) is 31.2 Å². The number of nitrogens with zero attached hydrogens (tertiary/aromatic N) is 2. The lowest BCUT2D eigenvalue weighted by Crippen LogP contribution is -2.55. The van der Waals surface area contributed by atoms with Gasteiger partial charge in [-0.25, -0.2) is 13.6 Å². The van der Waals surface area contributed by atoms with E-state index in [0.29, 0.717) is 29.6 Å². The molecule has 2 aromatic rings. The third-order valence-corrected chi connectivity index (χ3v) is 4.58. The summed E-state index contributed by atoms with van der Waals surface area (Å²) >= 11 is 0. The number of nitrogens with two attached hydrogens (primary N) is 1. The minimum absolute atomic E-state index is 0.00329. The molecule has 0 spiro atoms. The summed E-state index contributed by atoms with van der Waals surface area (Å²) in [5, 5.41) is 5.21. The van der Waals surface area contributed by atoms with Crippen LogP contribution in [0.4, 0.5) is 25.0 Å². The first-order valence-electron chi connectivity index (χ1n) is 9.41. The lowest BCUT2D eigenvalue weighted by molar-refractivity contribution is -0.140. The van der Waals surface area contributed by atoms with Gasteiger partial charge in [0.1, 0.15) is 11.6 Å². The van der Waals surface area contributed by atoms with Crippen molar-refractivity contribution in [1.29, 1.82) is 0 Å². The Morgan fingerprint density at radius 1 is 1.10 bits per heavy atom. The maximum atomic E-state index is 13.7. The number of primary amides is 1. The molecule has 162 valence electrons. The maximum absolute atomic E-state index is 13.7. The van der Waals surface area contributed by atoms with Gasteiger partial charge in [-0.2, -0.15) is 0 Å². The number of hydrogen-bond acceptors (Lipinski definition) is 4. The Balaban J connectivity index is 2.07. The average Bonchev–Trinajstić information content (AvgIpc) is 2.68. The van der Waals surface area contributed by atoms with Crippen molar-refractivity contribution in [2.45, 2.75) is 20.0 Å². The molecule has 10 heteroatoms. The molecule has 0 saturated carbocycles. The highest BCUT2D eigenvalue weighted by atomic mass is 19.1. The van der Waals surface area contributed by atoms with E-state index < -0.39 is 35.6 Å². The van der Waals surface area contributed by atoms with E-state index in [1.807, 2.05) is 0 Å². The predicted octanol–water partition coefficient (Wildman–Crippen LogP) is 2.90. The molecule has 3 rings (SSSR count). The van der Waals surface area contributed by atoms with Crippen LogP contribution in [0.25, 0.3) is 5.70 Å². The molecule has 1 unspecified atom stereocenters. The van der Waals surface area contributed by atoms with Gasteiger partial charge in [-0.3, -0.25) is 14.5 Å². The van der Waals surface area contributed by atoms with E-state index >= 15 is 0 Å². The maximum Gasteiger partial charge on any atom is 0.316 e. The lowest BCUT2D eigenvalue weighted by Gasteiger charge is -2.40. The van der Waals surface area contributed by atoms with Gasteiger partial charge in [-0.1, -0.05) is 12.1 Å². The summed E-state index contributed by atoms with van der Waals surface area (Å²) in [4.78, 5) is 39.3. The van der Waals surface area contributed by atoms with Crippen LogP contribution >= 0.6 is 0 Å². The summed E-state index contributed by atoms with van der Waals surface area (Å²) in [5.74, 6) is -2.60. The van der Waals surface area contributed by atoms with Gasteiger partial charge >= 0.3 is 6.03 Å². The highest BCUT2D eigenvalue weighted by Gasteiger charge is 2.38. The SMILES string of the molecule is CCN1C=C(c2cccc(NC(N)=O)c2)N(C(C)=O)C(Nc2cc(F)cc(F)c2)C1=O. The number of hydrogen-bond donors (Lipinski definition) is 3. The Morgan fingerprint density at radius 2 is 1.77 bits per heavy atom. The molecule has 8 nitrogen and oxygen atoms in total. The Labute approximate surface area is 177 Å². The highest BCUT2D eigenvalue weighted by Crippen LogP contribution is 2.30. The van der Waals surface area contributed by atoms with Crippen LogP contribution in [0.3, 0.4) is 0 Å². The molecule has 0 saturated heterocycles. The van der Waals surface area contributed by atoms with Gasteiger partial charge in [0, 0.05) is 42.7 Å². The van der Waals surface area contributed by atoms with Crippen molar-refractivity contribution in [2.24, 2.45) is 5.73 Å². The summed E-state index contributed by atoms with van der Waals surface area (Å²) in [7, 11) is 0. The quantitative estimate of drug-likeness (QED) is 0.679. The second-order valence-electron chi connectivity index (χ2n) is 6.80. The summed E-state index contributed by atoms with van der Waals surface area (Å²) in [6, 6.07) is 8.56. The highest BCUT2D eigenvalue weighted by molar-refractivity contribution is 5.98. The van der Waals surface area contributed by atoms with Crippen molar-refractivity contribution < 1.29 is 23.2 Å². The molecule has 0 radical (unpaired) electrons. The zero-order valence-corrected chi connectivity index (χ0v) is 16.9. The second-order valence-corrected chi connectivity index (χ2v) is 6.80. The minimum atomic E-state index is -1.24. The fourth-order valence-corrected chi connectivity index (χ4v) is 3.31. The van der Waals surface area contributed by atoms with Crippen molar-refractivity contribution in [1.82, 2.24) is 9.80 Å². The third kappa shape index (κ3) is 4.80. The number of anilines is 2. The lowest BCUT2D eigenvalue weighted by atomic mass is 10.1. The summed E-state index contributed by atoms with van der Waals surface area (Å²) < 4.78 is 27.3. The topological polar surface area (TPSA) is 108 Å². The largest absolute Gasteiger partial charge is 0.357 e. The molecule has 1 atom stereocenters. The predicted molar refractivity (Wildman–Crippen MR) is 111 cm³/mol. The van der Waals surface area contributed by atoms with E-state index in [-0.39, 0.29) is 5.69 Å². The summed E-state index contributed by atoms with van der Waals surface area (Å²) in [6.07, 6.45) is 0.267. The Hall–Kier alpha value is -3.95. The summed E-state index contributed by atoms with van der Waals surface area (Å²) in [6.45, 7) is 3.32. The molecule has 31 heavy (non-hydrogen) atoms. The number of likely N-dealkylation sites (N-methyl/N-ethyl adjacent to an activating group) is 1. The van der Waals surface area contributed by atoms with Crippen LogP contribution in [-0.2, 0) is 9.59 Å². The molecule has 1 heterocycles. The second kappa shape index (κ2) is 8.82. The molecular weight excluding hydrogens is 408 g/mol. The van der Waals surface area contributed by atoms with Crippen LogP contribution in [0.1, 0.15) is 19.4 Å². The number of halogens is 2. The molecule has 0 aliphatic carbocycles. The van der Waals surface area contributed by atoms with E-state index in [4.69, 9.17) is 5.73 Å². The standard InChI is InChI=1S/C21H21F2N5O3/c1-3-27-11-18(13-5-4-6-16(7-13)26-21(24)31)28(12(2)29)19(20(27)30)25-17-9-14(22)8-15(23)10-17/h4-11,19,25H,3H2,1-2H3,(H3,24,26,31). The van der Waals surface area contributed by atoms with E-state index in [1.165, 1.54) is 22.9 Å². The van der Waals surface area contributed by atoms with Gasteiger partial charge < -0.3 is 21.3 Å². The molecular formula is C21H21F2N5O3. The van der Waals surface area contributed by atoms with Crippen molar-refractivity contribution in [3.8, 4) is 0 Å². The fraction of sp³-hybridized carbons (Fsp3) is 0.190. The Kier molecular flexibility index (Phi) is 6.19. The molecule has 4 N–H and O–H groups in total. The van der Waals surface area contributed by atoms with E-state index in [2.05, 4.69) is 10.6 Å². The Bertz CT molecular complexity index is 1050. The third-order valence-electron chi connectivity index (χ3n) is 4.58. The van der Waals surface area contributed by atoms with Gasteiger partial charge in [0.05, 0.1) is 5.70 Å². The van der Waals surface area contributed by atoms with Crippen LogP contribution in [0.2, 0.25) is 0 Å². The zero-order chi connectivity index (χ0) is 22.7. The first kappa shape index (κ1) is 21.8. The number of benzene rings is 2. The smallest absolute Gasteiger partial charge is 0.316 e. The number of urea groups is 1. The van der Waals surface area contributed by atoms with Crippen LogP contribution in [0.15, 0.2) is 48.7 Å². The van der Waals surface area contributed by atoms with Gasteiger partial charge in [-0.05, 0) is 31.2 Å². The molecule has 4 amide bonds. The normalized spacial score (nSPS) is 16.1. The fourth-order valence-electron chi connectivity index (χ4n) is 3.31. The monoisotopic (exact) mass is 429 g/mol.